The molecule has 0 unspecified atom stereocenters. The summed E-state index contributed by atoms with van der Waals surface area (Å²) < 4.78 is 10.4. The van der Waals surface area contributed by atoms with Crippen LogP contribution in [0.25, 0.3) is 0 Å². The number of methoxy groups -OCH3 is 1. The van der Waals surface area contributed by atoms with Gasteiger partial charge in [0, 0.05) is 32.7 Å². The number of carbonyl (C=O) groups is 1. The number of nitrogens with zero attached hydrogens (tertiary/aromatic N) is 1. The van der Waals surface area contributed by atoms with Crippen LogP contribution in [0.1, 0.15) is 12.5 Å². The number of likely N-dealkylation sites (tertiary alicyclic amines) is 1. The van der Waals surface area contributed by atoms with E-state index in [1.54, 1.807) is 7.11 Å². The Morgan fingerprint density at radius 3 is 2.70 bits per heavy atom. The van der Waals surface area contributed by atoms with Crippen LogP contribution in [0.2, 0.25) is 0 Å². The Balaban J connectivity index is 1.98. The van der Waals surface area contributed by atoms with Crippen molar-refractivity contribution in [3.8, 4) is 0 Å². The molecular formula is C16H23NO3. The van der Waals surface area contributed by atoms with Crippen molar-refractivity contribution in [3.05, 3.63) is 35.9 Å². The molecule has 1 fully saturated rings. The second-order valence-corrected chi connectivity index (χ2v) is 5.25. The molecule has 0 N–H and O–H groups in total. The first kappa shape index (κ1) is 15.0. The van der Waals surface area contributed by atoms with Gasteiger partial charge < -0.3 is 9.47 Å². The Kier molecular flexibility index (Phi) is 5.56. The van der Waals surface area contributed by atoms with Crippen molar-refractivity contribution in [1.29, 1.82) is 0 Å². The molecular weight excluding hydrogens is 254 g/mol. The van der Waals surface area contributed by atoms with E-state index in [1.165, 1.54) is 5.56 Å². The number of hydrogen-bond donors (Lipinski definition) is 0. The van der Waals surface area contributed by atoms with E-state index in [4.69, 9.17) is 9.47 Å². The summed E-state index contributed by atoms with van der Waals surface area (Å²) in [5.74, 6) is 0.0616. The minimum atomic E-state index is -0.0925. The molecule has 2 rings (SSSR count). The second kappa shape index (κ2) is 7.41. The minimum Gasteiger partial charge on any atom is -0.466 e. The van der Waals surface area contributed by atoms with Crippen molar-refractivity contribution >= 4 is 5.97 Å². The molecule has 0 saturated carbocycles. The van der Waals surface area contributed by atoms with Crippen molar-refractivity contribution in [3.63, 3.8) is 0 Å². The molecule has 20 heavy (non-hydrogen) atoms. The second-order valence-electron chi connectivity index (χ2n) is 5.25. The van der Waals surface area contributed by atoms with Crippen LogP contribution < -0.4 is 0 Å². The van der Waals surface area contributed by atoms with Crippen LogP contribution in [0.3, 0.4) is 0 Å². The van der Waals surface area contributed by atoms with Gasteiger partial charge in [-0.15, -0.1) is 0 Å². The van der Waals surface area contributed by atoms with E-state index in [0.29, 0.717) is 13.2 Å². The van der Waals surface area contributed by atoms with Gasteiger partial charge in [-0.2, -0.15) is 0 Å². The smallest absolute Gasteiger partial charge is 0.310 e. The summed E-state index contributed by atoms with van der Waals surface area (Å²) in [6.07, 6.45) is 0. The summed E-state index contributed by atoms with van der Waals surface area (Å²) in [5, 5.41) is 0. The average molecular weight is 277 g/mol. The Morgan fingerprint density at radius 1 is 1.30 bits per heavy atom. The lowest BCUT2D eigenvalue weighted by Gasteiger charge is -2.15. The highest BCUT2D eigenvalue weighted by molar-refractivity contribution is 5.73. The molecule has 1 aliphatic heterocycles. The van der Waals surface area contributed by atoms with Crippen LogP contribution in [0.4, 0.5) is 0 Å². The zero-order valence-corrected chi connectivity index (χ0v) is 12.2. The quantitative estimate of drug-likeness (QED) is 0.745. The van der Waals surface area contributed by atoms with Crippen LogP contribution in [-0.2, 0) is 20.8 Å². The highest BCUT2D eigenvalue weighted by atomic mass is 16.5. The third-order valence-corrected chi connectivity index (χ3v) is 3.74. The molecule has 1 heterocycles. The highest BCUT2D eigenvalue weighted by Crippen LogP contribution is 2.26. The first-order chi connectivity index (χ1) is 9.74. The Hall–Kier alpha value is -1.39. The van der Waals surface area contributed by atoms with E-state index in [-0.39, 0.29) is 17.8 Å². The van der Waals surface area contributed by atoms with Gasteiger partial charge >= 0.3 is 5.97 Å². The molecule has 0 amide bonds. The molecule has 4 nitrogen and oxygen atoms in total. The van der Waals surface area contributed by atoms with Crippen LogP contribution in [0, 0.1) is 11.8 Å². The van der Waals surface area contributed by atoms with Gasteiger partial charge in [-0.05, 0) is 12.5 Å². The number of rotatable bonds is 6. The fraction of sp³-hybridized carbons (Fsp3) is 0.562. The fourth-order valence-electron chi connectivity index (χ4n) is 2.83. The topological polar surface area (TPSA) is 38.8 Å². The lowest BCUT2D eigenvalue weighted by atomic mass is 9.97. The Bertz CT molecular complexity index is 421. The zero-order chi connectivity index (χ0) is 14.4. The summed E-state index contributed by atoms with van der Waals surface area (Å²) >= 11 is 0. The van der Waals surface area contributed by atoms with Crippen molar-refractivity contribution in [2.24, 2.45) is 11.8 Å². The molecule has 1 aromatic carbocycles. The van der Waals surface area contributed by atoms with Crippen molar-refractivity contribution in [1.82, 2.24) is 4.90 Å². The van der Waals surface area contributed by atoms with Crippen molar-refractivity contribution in [2.45, 2.75) is 13.5 Å². The normalized spacial score (nSPS) is 22.9. The molecule has 1 aliphatic rings. The van der Waals surface area contributed by atoms with Gasteiger partial charge in [0.05, 0.1) is 19.1 Å². The van der Waals surface area contributed by atoms with Crippen molar-refractivity contribution in [2.75, 3.05) is 33.4 Å². The van der Waals surface area contributed by atoms with E-state index >= 15 is 0 Å². The maximum Gasteiger partial charge on any atom is 0.310 e. The lowest BCUT2D eigenvalue weighted by Crippen LogP contribution is -2.27. The summed E-state index contributed by atoms with van der Waals surface area (Å²) in [7, 11) is 1.68. The first-order valence-electron chi connectivity index (χ1n) is 7.16. The van der Waals surface area contributed by atoms with Gasteiger partial charge in [0.15, 0.2) is 0 Å². The fourth-order valence-corrected chi connectivity index (χ4v) is 2.83. The van der Waals surface area contributed by atoms with Crippen LogP contribution in [0.15, 0.2) is 30.3 Å². The maximum atomic E-state index is 12.0. The largest absolute Gasteiger partial charge is 0.466 e. The third-order valence-electron chi connectivity index (χ3n) is 3.74. The van der Waals surface area contributed by atoms with E-state index in [0.717, 1.165) is 19.6 Å². The third kappa shape index (κ3) is 3.81. The standard InChI is InChI=1S/C16H23NO3/c1-3-20-16(18)15-11-17(10-14(15)12-19-2)9-13-7-5-4-6-8-13/h4-8,14-15H,3,9-12H2,1-2H3/t14-,15+/m1/s1. The van der Waals surface area contributed by atoms with Gasteiger partial charge in [0.2, 0.25) is 0 Å². The number of esters is 1. The molecule has 0 spiro atoms. The lowest BCUT2D eigenvalue weighted by molar-refractivity contribution is -0.149. The molecule has 0 aliphatic carbocycles. The summed E-state index contributed by atoms with van der Waals surface area (Å²) in [6.45, 7) is 5.40. The Morgan fingerprint density at radius 2 is 2.05 bits per heavy atom. The SMILES string of the molecule is CCOC(=O)[C@H]1CN(Cc2ccccc2)C[C@@H]1COC. The van der Waals surface area contributed by atoms with E-state index in [2.05, 4.69) is 17.0 Å². The number of carbonyl (C=O) groups excluding carboxylic acids is 1. The van der Waals surface area contributed by atoms with Gasteiger partial charge in [-0.3, -0.25) is 9.69 Å². The van der Waals surface area contributed by atoms with Gasteiger partial charge in [-0.1, -0.05) is 30.3 Å². The molecule has 110 valence electrons. The molecule has 0 aromatic heterocycles. The molecule has 0 radical (unpaired) electrons. The number of hydrogen-bond acceptors (Lipinski definition) is 4. The number of ether oxygens (including phenoxy) is 2. The van der Waals surface area contributed by atoms with Gasteiger partial charge in [0.25, 0.3) is 0 Å². The summed E-state index contributed by atoms with van der Waals surface area (Å²) in [4.78, 5) is 14.3. The average Bonchev–Trinajstić information content (AvgIpc) is 2.83. The highest BCUT2D eigenvalue weighted by Gasteiger charge is 2.38. The monoisotopic (exact) mass is 277 g/mol. The number of benzene rings is 1. The molecule has 2 atom stereocenters. The predicted molar refractivity (Wildman–Crippen MR) is 77.2 cm³/mol. The van der Waals surface area contributed by atoms with Crippen LogP contribution in [0.5, 0.6) is 0 Å². The Labute approximate surface area is 120 Å². The van der Waals surface area contributed by atoms with Crippen LogP contribution in [-0.4, -0.2) is 44.3 Å². The van der Waals surface area contributed by atoms with Gasteiger partial charge in [0.1, 0.15) is 0 Å². The maximum absolute atomic E-state index is 12.0. The van der Waals surface area contributed by atoms with Gasteiger partial charge in [-0.25, -0.2) is 0 Å². The summed E-state index contributed by atoms with van der Waals surface area (Å²) in [6, 6.07) is 10.3. The summed E-state index contributed by atoms with van der Waals surface area (Å²) in [5.41, 5.74) is 1.27. The molecule has 0 bridgehead atoms. The zero-order valence-electron chi connectivity index (χ0n) is 12.2. The van der Waals surface area contributed by atoms with Crippen LogP contribution >= 0.6 is 0 Å². The van der Waals surface area contributed by atoms with E-state index < -0.39 is 0 Å². The predicted octanol–water partition coefficient (Wildman–Crippen LogP) is 1.94. The van der Waals surface area contributed by atoms with E-state index in [9.17, 15) is 4.79 Å². The minimum absolute atomic E-state index is 0.0707. The van der Waals surface area contributed by atoms with Crippen molar-refractivity contribution < 1.29 is 14.3 Å². The molecule has 4 heteroatoms. The van der Waals surface area contributed by atoms with E-state index in [1.807, 2.05) is 25.1 Å². The molecule has 1 aromatic rings. The molecule has 1 saturated heterocycles. The first-order valence-corrected chi connectivity index (χ1v) is 7.16.